The molecule has 9 heavy (non-hydrogen) atoms. The SMILES string of the molecule is CC(C)C1CCO[C@H]1C. The van der Waals surface area contributed by atoms with Gasteiger partial charge in [-0.1, -0.05) is 13.8 Å². The van der Waals surface area contributed by atoms with E-state index in [1.807, 2.05) is 0 Å². The van der Waals surface area contributed by atoms with Gasteiger partial charge in [-0.15, -0.1) is 0 Å². The van der Waals surface area contributed by atoms with Crippen molar-refractivity contribution in [3.63, 3.8) is 0 Å². The van der Waals surface area contributed by atoms with Gasteiger partial charge in [0, 0.05) is 6.61 Å². The minimum absolute atomic E-state index is 0.505. The fraction of sp³-hybridized carbons (Fsp3) is 1.00. The second-order valence-corrected chi connectivity index (χ2v) is 3.27. The van der Waals surface area contributed by atoms with Gasteiger partial charge in [-0.25, -0.2) is 0 Å². The molecule has 1 fully saturated rings. The molecule has 1 aliphatic rings. The van der Waals surface area contributed by atoms with Crippen LogP contribution in [0.1, 0.15) is 27.2 Å². The fourth-order valence-corrected chi connectivity index (χ4v) is 1.62. The molecule has 0 aromatic carbocycles. The molecule has 1 heterocycles. The lowest BCUT2D eigenvalue weighted by Crippen LogP contribution is -2.16. The smallest absolute Gasteiger partial charge is 0.0578 e. The second-order valence-electron chi connectivity index (χ2n) is 3.27. The Labute approximate surface area is 57.4 Å². The summed E-state index contributed by atoms with van der Waals surface area (Å²) in [5.41, 5.74) is 0. The van der Waals surface area contributed by atoms with E-state index in [1.165, 1.54) is 6.42 Å². The maximum absolute atomic E-state index is 5.43. The highest BCUT2D eigenvalue weighted by Crippen LogP contribution is 2.26. The molecule has 2 atom stereocenters. The van der Waals surface area contributed by atoms with Gasteiger partial charge < -0.3 is 4.74 Å². The van der Waals surface area contributed by atoms with E-state index in [2.05, 4.69) is 20.8 Å². The van der Waals surface area contributed by atoms with Crippen LogP contribution in [0.5, 0.6) is 0 Å². The van der Waals surface area contributed by atoms with Crippen molar-refractivity contribution in [2.24, 2.45) is 11.8 Å². The zero-order chi connectivity index (χ0) is 6.85. The summed E-state index contributed by atoms with van der Waals surface area (Å²) in [4.78, 5) is 0. The van der Waals surface area contributed by atoms with E-state index in [0.29, 0.717) is 6.10 Å². The highest BCUT2D eigenvalue weighted by Gasteiger charge is 2.26. The first-order valence-electron chi connectivity index (χ1n) is 3.83. The highest BCUT2D eigenvalue weighted by atomic mass is 16.5. The van der Waals surface area contributed by atoms with Gasteiger partial charge in [0.15, 0.2) is 0 Å². The Morgan fingerprint density at radius 2 is 2.11 bits per heavy atom. The second kappa shape index (κ2) is 2.70. The van der Waals surface area contributed by atoms with Crippen LogP contribution in [0.3, 0.4) is 0 Å². The molecule has 0 radical (unpaired) electrons. The number of hydrogen-bond acceptors (Lipinski definition) is 1. The van der Waals surface area contributed by atoms with Gasteiger partial charge in [-0.3, -0.25) is 0 Å². The molecule has 0 aliphatic carbocycles. The molecule has 1 nitrogen and oxygen atoms in total. The predicted octanol–water partition coefficient (Wildman–Crippen LogP) is 2.07. The van der Waals surface area contributed by atoms with E-state index in [-0.39, 0.29) is 0 Å². The molecule has 1 heteroatoms. The highest BCUT2D eigenvalue weighted by molar-refractivity contribution is 4.74. The Balaban J connectivity index is 2.40. The van der Waals surface area contributed by atoms with E-state index >= 15 is 0 Å². The third kappa shape index (κ3) is 1.45. The van der Waals surface area contributed by atoms with Crippen LogP contribution in [0, 0.1) is 11.8 Å². The van der Waals surface area contributed by atoms with Crippen LogP contribution < -0.4 is 0 Å². The molecule has 0 aromatic heterocycles. The van der Waals surface area contributed by atoms with Crippen molar-refractivity contribution >= 4 is 0 Å². The van der Waals surface area contributed by atoms with Crippen LogP contribution in [0.2, 0.25) is 0 Å². The van der Waals surface area contributed by atoms with Gasteiger partial charge in [-0.05, 0) is 25.2 Å². The van der Waals surface area contributed by atoms with Crippen molar-refractivity contribution in [2.75, 3.05) is 6.61 Å². The monoisotopic (exact) mass is 128 g/mol. The lowest BCUT2D eigenvalue weighted by molar-refractivity contribution is 0.0946. The average molecular weight is 128 g/mol. The van der Waals surface area contributed by atoms with Crippen LogP contribution in [0.15, 0.2) is 0 Å². The summed E-state index contributed by atoms with van der Waals surface area (Å²) < 4.78 is 5.43. The van der Waals surface area contributed by atoms with Crippen molar-refractivity contribution in [1.82, 2.24) is 0 Å². The van der Waals surface area contributed by atoms with Gasteiger partial charge in [0.05, 0.1) is 6.10 Å². The third-order valence-corrected chi connectivity index (χ3v) is 2.29. The normalized spacial score (nSPS) is 36.0. The van der Waals surface area contributed by atoms with Crippen LogP contribution in [-0.4, -0.2) is 12.7 Å². The van der Waals surface area contributed by atoms with Gasteiger partial charge in [0.25, 0.3) is 0 Å². The lowest BCUT2D eigenvalue weighted by Gasteiger charge is -2.17. The van der Waals surface area contributed by atoms with E-state index in [1.54, 1.807) is 0 Å². The first kappa shape index (κ1) is 7.07. The Hall–Kier alpha value is -0.0400. The van der Waals surface area contributed by atoms with Crippen molar-refractivity contribution < 1.29 is 4.74 Å². The molecule has 0 bridgehead atoms. The Morgan fingerprint density at radius 1 is 1.44 bits per heavy atom. The predicted molar refractivity (Wildman–Crippen MR) is 38.4 cm³/mol. The van der Waals surface area contributed by atoms with E-state index in [9.17, 15) is 0 Å². The molecule has 1 rings (SSSR count). The Bertz CT molecular complexity index is 88.6. The van der Waals surface area contributed by atoms with Gasteiger partial charge in [-0.2, -0.15) is 0 Å². The van der Waals surface area contributed by atoms with Gasteiger partial charge in [0.1, 0.15) is 0 Å². The van der Waals surface area contributed by atoms with Crippen molar-refractivity contribution in [3.05, 3.63) is 0 Å². The van der Waals surface area contributed by atoms with E-state index < -0.39 is 0 Å². The number of ether oxygens (including phenoxy) is 1. The maximum Gasteiger partial charge on any atom is 0.0578 e. The fourth-order valence-electron chi connectivity index (χ4n) is 1.62. The summed E-state index contributed by atoms with van der Waals surface area (Å²) in [6.07, 6.45) is 1.77. The first-order chi connectivity index (χ1) is 4.22. The molecule has 0 amide bonds. The molecular formula is C8H16O. The average Bonchev–Trinajstić information content (AvgIpc) is 2.13. The summed E-state index contributed by atoms with van der Waals surface area (Å²) in [6, 6.07) is 0. The van der Waals surface area contributed by atoms with Crippen LogP contribution in [-0.2, 0) is 4.74 Å². The topological polar surface area (TPSA) is 9.23 Å². The molecule has 0 aromatic rings. The Morgan fingerprint density at radius 3 is 2.33 bits per heavy atom. The molecule has 0 spiro atoms. The zero-order valence-electron chi connectivity index (χ0n) is 6.55. The maximum atomic E-state index is 5.43. The summed E-state index contributed by atoms with van der Waals surface area (Å²) in [5.74, 6) is 1.60. The molecule has 1 unspecified atom stereocenters. The molecule has 0 saturated carbocycles. The molecule has 1 saturated heterocycles. The van der Waals surface area contributed by atoms with E-state index in [4.69, 9.17) is 4.74 Å². The van der Waals surface area contributed by atoms with Crippen LogP contribution in [0.25, 0.3) is 0 Å². The first-order valence-corrected chi connectivity index (χ1v) is 3.83. The standard InChI is InChI=1S/C8H16O/c1-6(2)8-4-5-9-7(8)3/h6-8H,4-5H2,1-3H3/t7-,8?/m0/s1. The summed E-state index contributed by atoms with van der Waals surface area (Å²) in [7, 11) is 0. The van der Waals surface area contributed by atoms with Crippen molar-refractivity contribution in [1.29, 1.82) is 0 Å². The Kier molecular flexibility index (Phi) is 2.12. The third-order valence-electron chi connectivity index (χ3n) is 2.29. The number of rotatable bonds is 1. The van der Waals surface area contributed by atoms with Crippen molar-refractivity contribution in [3.8, 4) is 0 Å². The summed E-state index contributed by atoms with van der Waals surface area (Å²) in [5, 5.41) is 0. The molecule has 0 N–H and O–H groups in total. The summed E-state index contributed by atoms with van der Waals surface area (Å²) in [6.45, 7) is 7.70. The van der Waals surface area contributed by atoms with Crippen molar-refractivity contribution in [2.45, 2.75) is 33.3 Å². The number of hydrogen-bond donors (Lipinski definition) is 0. The summed E-state index contributed by atoms with van der Waals surface area (Å²) >= 11 is 0. The molecule has 1 aliphatic heterocycles. The molecular weight excluding hydrogens is 112 g/mol. The lowest BCUT2D eigenvalue weighted by atomic mass is 9.90. The van der Waals surface area contributed by atoms with Crippen LogP contribution >= 0.6 is 0 Å². The minimum atomic E-state index is 0.505. The largest absolute Gasteiger partial charge is 0.378 e. The zero-order valence-corrected chi connectivity index (χ0v) is 6.55. The van der Waals surface area contributed by atoms with Crippen LogP contribution in [0.4, 0.5) is 0 Å². The molecule has 54 valence electrons. The quantitative estimate of drug-likeness (QED) is 0.525. The van der Waals surface area contributed by atoms with Gasteiger partial charge >= 0.3 is 0 Å². The van der Waals surface area contributed by atoms with Gasteiger partial charge in [0.2, 0.25) is 0 Å². The van der Waals surface area contributed by atoms with E-state index in [0.717, 1.165) is 18.4 Å². The minimum Gasteiger partial charge on any atom is -0.378 e.